The molecule has 0 spiro atoms. The Hall–Kier alpha value is -3.15. The van der Waals surface area contributed by atoms with Crippen LogP contribution in [0.1, 0.15) is 42.1 Å². The van der Waals surface area contributed by atoms with Crippen molar-refractivity contribution in [2.24, 2.45) is 5.10 Å². The highest BCUT2D eigenvalue weighted by Crippen LogP contribution is 2.19. The summed E-state index contributed by atoms with van der Waals surface area (Å²) in [6.45, 7) is 3.67. The molecule has 1 saturated heterocycles. The normalized spacial score (nSPS) is 14.2. The molecule has 2 aromatic carbocycles. The average Bonchev–Trinajstić information content (AvgIpc) is 2.69. The van der Waals surface area contributed by atoms with Gasteiger partial charge in [-0.15, -0.1) is 0 Å². The predicted octanol–water partition coefficient (Wildman–Crippen LogP) is 3.40. The zero-order chi connectivity index (χ0) is 19.1. The van der Waals surface area contributed by atoms with E-state index in [1.165, 1.54) is 31.9 Å². The molecular formula is C21H24N4O2. The highest BCUT2D eigenvalue weighted by Gasteiger charge is 2.10. The Bertz CT molecular complexity index is 807. The number of hydrazone groups is 1. The summed E-state index contributed by atoms with van der Waals surface area (Å²) in [6.07, 6.45) is 5.45. The molecule has 27 heavy (non-hydrogen) atoms. The van der Waals surface area contributed by atoms with E-state index in [2.05, 4.69) is 32.9 Å². The molecule has 2 aromatic rings. The largest absolute Gasteiger partial charge is 0.372 e. The van der Waals surface area contributed by atoms with Crippen molar-refractivity contribution in [1.82, 2.24) is 5.43 Å². The molecule has 0 saturated carbocycles. The maximum atomic E-state index is 12.1. The van der Waals surface area contributed by atoms with Crippen LogP contribution in [0.4, 0.5) is 11.4 Å². The zero-order valence-corrected chi connectivity index (χ0v) is 15.4. The SMILES string of the molecule is CC(=O)Nc1ccc(C(=O)NN=Cc2ccc(N3CCCCC3)cc2)cc1. The molecule has 6 heteroatoms. The summed E-state index contributed by atoms with van der Waals surface area (Å²) in [5.41, 5.74) is 5.80. The third-order valence-corrected chi connectivity index (χ3v) is 4.46. The van der Waals surface area contributed by atoms with Crippen LogP contribution in [0, 0.1) is 0 Å². The average molecular weight is 364 g/mol. The summed E-state index contributed by atoms with van der Waals surface area (Å²) in [7, 11) is 0. The van der Waals surface area contributed by atoms with Crippen LogP contribution in [0.2, 0.25) is 0 Å². The third kappa shape index (κ3) is 5.41. The van der Waals surface area contributed by atoms with E-state index < -0.39 is 0 Å². The van der Waals surface area contributed by atoms with Crippen molar-refractivity contribution in [3.05, 3.63) is 59.7 Å². The van der Waals surface area contributed by atoms with Gasteiger partial charge < -0.3 is 10.2 Å². The summed E-state index contributed by atoms with van der Waals surface area (Å²) < 4.78 is 0. The van der Waals surface area contributed by atoms with E-state index in [1.54, 1.807) is 30.5 Å². The van der Waals surface area contributed by atoms with Crippen LogP contribution in [0.3, 0.4) is 0 Å². The van der Waals surface area contributed by atoms with Gasteiger partial charge in [-0.2, -0.15) is 5.10 Å². The molecule has 0 atom stereocenters. The Morgan fingerprint density at radius 2 is 1.63 bits per heavy atom. The van der Waals surface area contributed by atoms with E-state index in [0.717, 1.165) is 18.7 Å². The molecule has 2 N–H and O–H groups in total. The molecule has 1 heterocycles. The molecule has 0 unspecified atom stereocenters. The molecular weight excluding hydrogens is 340 g/mol. The fourth-order valence-corrected chi connectivity index (χ4v) is 3.06. The van der Waals surface area contributed by atoms with Gasteiger partial charge in [0.1, 0.15) is 0 Å². The number of rotatable bonds is 5. The van der Waals surface area contributed by atoms with E-state index in [-0.39, 0.29) is 11.8 Å². The van der Waals surface area contributed by atoms with Gasteiger partial charge in [-0.3, -0.25) is 9.59 Å². The maximum absolute atomic E-state index is 12.1. The molecule has 6 nitrogen and oxygen atoms in total. The topological polar surface area (TPSA) is 73.8 Å². The second-order valence-corrected chi connectivity index (χ2v) is 6.60. The molecule has 1 aliphatic rings. The van der Waals surface area contributed by atoms with E-state index in [1.807, 2.05) is 12.1 Å². The Morgan fingerprint density at radius 1 is 0.963 bits per heavy atom. The van der Waals surface area contributed by atoms with Crippen LogP contribution in [0.15, 0.2) is 53.6 Å². The van der Waals surface area contributed by atoms with Crippen LogP contribution < -0.4 is 15.6 Å². The summed E-state index contributed by atoms with van der Waals surface area (Å²) in [5, 5.41) is 6.68. The van der Waals surface area contributed by atoms with Gasteiger partial charge in [0, 0.05) is 37.0 Å². The van der Waals surface area contributed by atoms with Crippen LogP contribution in [-0.2, 0) is 4.79 Å². The van der Waals surface area contributed by atoms with Gasteiger partial charge in [0.15, 0.2) is 0 Å². The molecule has 3 rings (SSSR count). The van der Waals surface area contributed by atoms with Crippen molar-refractivity contribution >= 4 is 29.4 Å². The van der Waals surface area contributed by atoms with Crippen molar-refractivity contribution in [2.75, 3.05) is 23.3 Å². The number of carbonyl (C=O) groups is 2. The minimum atomic E-state index is -0.300. The summed E-state index contributed by atoms with van der Waals surface area (Å²) >= 11 is 0. The van der Waals surface area contributed by atoms with E-state index in [0.29, 0.717) is 11.3 Å². The second kappa shape index (κ2) is 8.98. The van der Waals surface area contributed by atoms with Crippen LogP contribution >= 0.6 is 0 Å². The molecule has 2 amide bonds. The highest BCUT2D eigenvalue weighted by molar-refractivity contribution is 5.96. The fourth-order valence-electron chi connectivity index (χ4n) is 3.06. The number of hydrogen-bond acceptors (Lipinski definition) is 4. The lowest BCUT2D eigenvalue weighted by Gasteiger charge is -2.28. The lowest BCUT2D eigenvalue weighted by molar-refractivity contribution is -0.114. The first-order valence-corrected chi connectivity index (χ1v) is 9.18. The molecule has 0 bridgehead atoms. The van der Waals surface area contributed by atoms with E-state index in [4.69, 9.17) is 0 Å². The minimum absolute atomic E-state index is 0.150. The van der Waals surface area contributed by atoms with Crippen molar-refractivity contribution in [2.45, 2.75) is 26.2 Å². The summed E-state index contributed by atoms with van der Waals surface area (Å²) in [5.74, 6) is -0.450. The molecule has 0 aliphatic carbocycles. The lowest BCUT2D eigenvalue weighted by Crippen LogP contribution is -2.29. The number of amides is 2. The van der Waals surface area contributed by atoms with Gasteiger partial charge in [0.2, 0.25) is 5.91 Å². The van der Waals surface area contributed by atoms with Crippen LogP contribution in [0.5, 0.6) is 0 Å². The Balaban J connectivity index is 1.53. The Labute approximate surface area is 159 Å². The van der Waals surface area contributed by atoms with Crippen LogP contribution in [0.25, 0.3) is 0 Å². The molecule has 1 aliphatic heterocycles. The first-order chi connectivity index (χ1) is 13.1. The summed E-state index contributed by atoms with van der Waals surface area (Å²) in [6, 6.07) is 14.8. The second-order valence-electron chi connectivity index (χ2n) is 6.60. The van der Waals surface area contributed by atoms with E-state index in [9.17, 15) is 9.59 Å². The van der Waals surface area contributed by atoms with Gasteiger partial charge in [-0.1, -0.05) is 12.1 Å². The zero-order valence-electron chi connectivity index (χ0n) is 15.4. The van der Waals surface area contributed by atoms with Gasteiger partial charge in [0.25, 0.3) is 5.91 Å². The first kappa shape index (κ1) is 18.6. The molecule has 1 fully saturated rings. The standard InChI is InChI=1S/C21H24N4O2/c1-16(26)23-19-9-7-18(8-10-19)21(27)24-22-15-17-5-11-20(12-6-17)25-13-3-2-4-14-25/h5-12,15H,2-4,13-14H2,1H3,(H,23,26)(H,24,27). The number of nitrogens with one attached hydrogen (secondary N) is 2. The van der Waals surface area contributed by atoms with Gasteiger partial charge in [-0.25, -0.2) is 5.43 Å². The Morgan fingerprint density at radius 3 is 2.26 bits per heavy atom. The number of carbonyl (C=O) groups excluding carboxylic acids is 2. The fraction of sp³-hybridized carbons (Fsp3) is 0.286. The monoisotopic (exact) mass is 364 g/mol. The first-order valence-electron chi connectivity index (χ1n) is 9.18. The lowest BCUT2D eigenvalue weighted by atomic mass is 10.1. The number of hydrogen-bond donors (Lipinski definition) is 2. The summed E-state index contributed by atoms with van der Waals surface area (Å²) in [4.78, 5) is 25.5. The molecule has 0 radical (unpaired) electrons. The van der Waals surface area contributed by atoms with Crippen molar-refractivity contribution in [3.8, 4) is 0 Å². The number of anilines is 2. The molecule has 0 aromatic heterocycles. The van der Waals surface area contributed by atoms with Crippen LogP contribution in [-0.4, -0.2) is 31.1 Å². The Kier molecular flexibility index (Phi) is 6.20. The predicted molar refractivity (Wildman–Crippen MR) is 108 cm³/mol. The van der Waals surface area contributed by atoms with Gasteiger partial charge in [0.05, 0.1) is 6.21 Å². The number of benzene rings is 2. The third-order valence-electron chi connectivity index (χ3n) is 4.46. The quantitative estimate of drug-likeness (QED) is 0.631. The number of piperidine rings is 1. The minimum Gasteiger partial charge on any atom is -0.372 e. The van der Waals surface area contributed by atoms with Crippen molar-refractivity contribution < 1.29 is 9.59 Å². The van der Waals surface area contributed by atoms with E-state index >= 15 is 0 Å². The highest BCUT2D eigenvalue weighted by atomic mass is 16.2. The van der Waals surface area contributed by atoms with Crippen molar-refractivity contribution in [3.63, 3.8) is 0 Å². The van der Waals surface area contributed by atoms with Crippen molar-refractivity contribution in [1.29, 1.82) is 0 Å². The number of nitrogens with zero attached hydrogens (tertiary/aromatic N) is 2. The maximum Gasteiger partial charge on any atom is 0.271 e. The smallest absolute Gasteiger partial charge is 0.271 e. The molecule has 140 valence electrons. The van der Waals surface area contributed by atoms with Gasteiger partial charge in [-0.05, 0) is 61.2 Å². The van der Waals surface area contributed by atoms with Gasteiger partial charge >= 0.3 is 0 Å².